The second-order valence-electron chi connectivity index (χ2n) is 2.89. The Hall–Kier alpha value is 0.0300. The quantitative estimate of drug-likeness (QED) is 0.846. The van der Waals surface area contributed by atoms with Gasteiger partial charge in [0, 0.05) is 6.54 Å². The highest BCUT2D eigenvalue weighted by molar-refractivity contribution is 9.11. The third-order valence-electron chi connectivity index (χ3n) is 1.79. The first-order chi connectivity index (χ1) is 5.62. The Morgan fingerprint density at radius 1 is 1.83 bits per heavy atom. The Labute approximate surface area is 83.8 Å². The fraction of sp³-hybridized carbons (Fsp3) is 0.571. The molecule has 68 valence electrons. The van der Waals surface area contributed by atoms with E-state index in [0.29, 0.717) is 6.54 Å². The molecule has 5 heteroatoms. The lowest BCUT2D eigenvalue weighted by molar-refractivity contribution is 0.210. The van der Waals surface area contributed by atoms with Crippen LogP contribution in [-0.2, 0) is 5.41 Å². The molecule has 0 aliphatic carbocycles. The zero-order valence-electron chi connectivity index (χ0n) is 6.75. The maximum absolute atomic E-state index is 9.12. The van der Waals surface area contributed by atoms with Gasteiger partial charge in [-0.25, -0.2) is 4.98 Å². The molecule has 0 bridgehead atoms. The number of rotatable bonds is 3. The van der Waals surface area contributed by atoms with Gasteiger partial charge in [-0.1, -0.05) is 0 Å². The number of nitrogens with zero attached hydrogens (tertiary/aromatic N) is 1. The molecule has 3 N–H and O–H groups in total. The minimum atomic E-state index is -0.392. The van der Waals surface area contributed by atoms with Gasteiger partial charge in [0.05, 0.1) is 22.0 Å². The van der Waals surface area contributed by atoms with Crippen molar-refractivity contribution in [1.29, 1.82) is 0 Å². The van der Waals surface area contributed by atoms with Crippen molar-refractivity contribution in [2.45, 2.75) is 12.3 Å². The van der Waals surface area contributed by atoms with E-state index in [-0.39, 0.29) is 6.61 Å². The molecule has 0 fully saturated rings. The van der Waals surface area contributed by atoms with E-state index in [1.807, 2.05) is 6.92 Å². The van der Waals surface area contributed by atoms with Crippen molar-refractivity contribution in [3.63, 3.8) is 0 Å². The van der Waals surface area contributed by atoms with Crippen molar-refractivity contribution < 1.29 is 5.11 Å². The molecular formula is C7H11BrN2OS. The molecule has 0 saturated heterocycles. The van der Waals surface area contributed by atoms with E-state index in [2.05, 4.69) is 20.9 Å². The second kappa shape index (κ2) is 3.83. The van der Waals surface area contributed by atoms with Gasteiger partial charge in [0.15, 0.2) is 0 Å². The van der Waals surface area contributed by atoms with Crippen molar-refractivity contribution >= 4 is 27.3 Å². The lowest BCUT2D eigenvalue weighted by Crippen LogP contribution is -2.35. The first kappa shape index (κ1) is 10.1. The third kappa shape index (κ3) is 1.85. The minimum Gasteiger partial charge on any atom is -0.395 e. The van der Waals surface area contributed by atoms with Gasteiger partial charge in [0.1, 0.15) is 5.01 Å². The summed E-state index contributed by atoms with van der Waals surface area (Å²) in [6.45, 7) is 2.34. The van der Waals surface area contributed by atoms with Gasteiger partial charge in [-0.3, -0.25) is 0 Å². The van der Waals surface area contributed by atoms with E-state index < -0.39 is 5.41 Å². The molecule has 0 aromatic carbocycles. The highest BCUT2D eigenvalue weighted by atomic mass is 79.9. The molecule has 1 unspecified atom stereocenters. The van der Waals surface area contributed by atoms with Gasteiger partial charge < -0.3 is 10.8 Å². The first-order valence-electron chi connectivity index (χ1n) is 3.55. The van der Waals surface area contributed by atoms with Crippen LogP contribution in [0.2, 0.25) is 0 Å². The zero-order valence-corrected chi connectivity index (χ0v) is 9.15. The first-order valence-corrected chi connectivity index (χ1v) is 5.16. The summed E-state index contributed by atoms with van der Waals surface area (Å²) in [7, 11) is 0. The molecule has 1 aromatic rings. The SMILES string of the molecule is CC(CN)(CO)c1ncc(Br)s1. The molecule has 12 heavy (non-hydrogen) atoms. The number of hydrogen-bond acceptors (Lipinski definition) is 4. The van der Waals surface area contributed by atoms with Crippen LogP contribution in [0.5, 0.6) is 0 Å². The molecular weight excluding hydrogens is 240 g/mol. The average Bonchev–Trinajstić information content (AvgIpc) is 2.51. The van der Waals surface area contributed by atoms with Crippen LogP contribution < -0.4 is 5.73 Å². The monoisotopic (exact) mass is 250 g/mol. The summed E-state index contributed by atoms with van der Waals surface area (Å²) >= 11 is 4.83. The Morgan fingerprint density at radius 2 is 2.50 bits per heavy atom. The molecule has 0 radical (unpaired) electrons. The van der Waals surface area contributed by atoms with E-state index in [4.69, 9.17) is 10.8 Å². The number of aromatic nitrogens is 1. The smallest absolute Gasteiger partial charge is 0.103 e. The molecule has 1 atom stereocenters. The van der Waals surface area contributed by atoms with Crippen LogP contribution >= 0.6 is 27.3 Å². The van der Waals surface area contributed by atoms with Gasteiger partial charge in [-0.05, 0) is 22.9 Å². The van der Waals surface area contributed by atoms with Gasteiger partial charge >= 0.3 is 0 Å². The highest BCUT2D eigenvalue weighted by Gasteiger charge is 2.27. The molecule has 0 aliphatic rings. The van der Waals surface area contributed by atoms with E-state index in [0.717, 1.165) is 8.79 Å². The number of thiazole rings is 1. The van der Waals surface area contributed by atoms with Crippen LogP contribution in [0.3, 0.4) is 0 Å². The molecule has 0 saturated carbocycles. The van der Waals surface area contributed by atoms with Crippen LogP contribution in [0.4, 0.5) is 0 Å². The topological polar surface area (TPSA) is 59.1 Å². The van der Waals surface area contributed by atoms with Gasteiger partial charge in [-0.15, -0.1) is 11.3 Å². The fourth-order valence-electron chi connectivity index (χ4n) is 0.753. The van der Waals surface area contributed by atoms with Crippen LogP contribution in [0, 0.1) is 0 Å². The number of halogens is 1. The van der Waals surface area contributed by atoms with E-state index in [9.17, 15) is 0 Å². The number of aliphatic hydroxyl groups is 1. The van der Waals surface area contributed by atoms with Gasteiger partial charge in [-0.2, -0.15) is 0 Å². The number of aliphatic hydroxyl groups excluding tert-OH is 1. The Bertz CT molecular complexity index is 260. The standard InChI is InChI=1S/C7H11BrN2OS/c1-7(3-9,4-11)6-10-2-5(8)12-6/h2,11H,3-4,9H2,1H3. The fourth-order valence-corrected chi connectivity index (χ4v) is 2.11. The number of hydrogen-bond donors (Lipinski definition) is 2. The Kier molecular flexibility index (Phi) is 3.22. The summed E-state index contributed by atoms with van der Waals surface area (Å²) in [4.78, 5) is 4.16. The van der Waals surface area contributed by atoms with E-state index in [1.54, 1.807) is 6.20 Å². The summed E-state index contributed by atoms with van der Waals surface area (Å²) in [5.41, 5.74) is 5.16. The molecule has 0 spiro atoms. The van der Waals surface area contributed by atoms with E-state index >= 15 is 0 Å². The number of nitrogens with two attached hydrogens (primary N) is 1. The van der Waals surface area contributed by atoms with Crippen LogP contribution in [0.25, 0.3) is 0 Å². The van der Waals surface area contributed by atoms with Crippen LogP contribution in [-0.4, -0.2) is 23.2 Å². The zero-order chi connectivity index (χ0) is 9.19. The minimum absolute atomic E-state index is 0.0312. The summed E-state index contributed by atoms with van der Waals surface area (Å²) in [6.07, 6.45) is 1.73. The molecule has 0 amide bonds. The maximum atomic E-state index is 9.12. The summed E-state index contributed by atoms with van der Waals surface area (Å²) in [6, 6.07) is 0. The summed E-state index contributed by atoms with van der Waals surface area (Å²) in [5, 5.41) is 9.99. The predicted octanol–water partition coefficient (Wildman–Crippen LogP) is 1.11. The molecule has 3 nitrogen and oxygen atoms in total. The molecule has 0 aliphatic heterocycles. The van der Waals surface area contributed by atoms with Crippen molar-refractivity contribution in [1.82, 2.24) is 4.98 Å². The summed E-state index contributed by atoms with van der Waals surface area (Å²) < 4.78 is 0.964. The third-order valence-corrected chi connectivity index (χ3v) is 3.58. The normalized spacial score (nSPS) is 16.0. The maximum Gasteiger partial charge on any atom is 0.103 e. The van der Waals surface area contributed by atoms with Crippen LogP contribution in [0.15, 0.2) is 9.98 Å². The molecule has 1 heterocycles. The predicted molar refractivity (Wildman–Crippen MR) is 53.3 cm³/mol. The van der Waals surface area contributed by atoms with E-state index in [1.165, 1.54) is 11.3 Å². The summed E-state index contributed by atoms with van der Waals surface area (Å²) in [5.74, 6) is 0. The second-order valence-corrected chi connectivity index (χ2v) is 5.30. The highest BCUT2D eigenvalue weighted by Crippen LogP contribution is 2.29. The van der Waals surface area contributed by atoms with Crippen molar-refractivity contribution in [3.05, 3.63) is 15.0 Å². The van der Waals surface area contributed by atoms with Gasteiger partial charge in [0.25, 0.3) is 0 Å². The molecule has 1 rings (SSSR count). The van der Waals surface area contributed by atoms with Crippen LogP contribution in [0.1, 0.15) is 11.9 Å². The van der Waals surface area contributed by atoms with Gasteiger partial charge in [0.2, 0.25) is 0 Å². The lowest BCUT2D eigenvalue weighted by Gasteiger charge is -2.21. The lowest BCUT2D eigenvalue weighted by atomic mass is 9.93. The van der Waals surface area contributed by atoms with Crippen molar-refractivity contribution in [2.75, 3.05) is 13.2 Å². The Balaban J connectivity index is 2.94. The van der Waals surface area contributed by atoms with Crippen molar-refractivity contribution in [2.24, 2.45) is 5.73 Å². The largest absolute Gasteiger partial charge is 0.395 e. The molecule has 1 aromatic heterocycles. The Morgan fingerprint density at radius 3 is 2.83 bits per heavy atom. The average molecular weight is 251 g/mol. The van der Waals surface area contributed by atoms with Crippen molar-refractivity contribution in [3.8, 4) is 0 Å².